The van der Waals surface area contributed by atoms with Crippen molar-refractivity contribution < 1.29 is 0 Å². The lowest BCUT2D eigenvalue weighted by Crippen LogP contribution is -2.30. The standard InChI is InChI=1S/C18H15ClN2/c19-16-6-3-5-15-14(16)8-9-20-18(15)13-10-12-4-1-2-7-17(12)21-11-13/h1-7,10-11,18,20H,8-9H2. The van der Waals surface area contributed by atoms with Gasteiger partial charge in [0.25, 0.3) is 0 Å². The second-order valence-electron chi connectivity index (χ2n) is 5.41. The van der Waals surface area contributed by atoms with E-state index < -0.39 is 0 Å². The van der Waals surface area contributed by atoms with Crippen LogP contribution in [0, 0.1) is 0 Å². The molecule has 0 amide bonds. The van der Waals surface area contributed by atoms with Crippen molar-refractivity contribution in [3.63, 3.8) is 0 Å². The number of halogens is 1. The van der Waals surface area contributed by atoms with Crippen LogP contribution in [0.2, 0.25) is 5.02 Å². The van der Waals surface area contributed by atoms with Crippen molar-refractivity contribution in [3.8, 4) is 0 Å². The van der Waals surface area contributed by atoms with E-state index >= 15 is 0 Å². The normalized spacial score (nSPS) is 17.7. The number of rotatable bonds is 1. The third kappa shape index (κ3) is 2.21. The van der Waals surface area contributed by atoms with Crippen molar-refractivity contribution in [1.29, 1.82) is 0 Å². The van der Waals surface area contributed by atoms with Crippen molar-refractivity contribution in [1.82, 2.24) is 10.3 Å². The maximum Gasteiger partial charge on any atom is 0.0702 e. The van der Waals surface area contributed by atoms with E-state index in [4.69, 9.17) is 11.6 Å². The van der Waals surface area contributed by atoms with Gasteiger partial charge in [-0.2, -0.15) is 0 Å². The topological polar surface area (TPSA) is 24.9 Å². The first-order chi connectivity index (χ1) is 10.3. The first-order valence-electron chi connectivity index (χ1n) is 7.18. The second kappa shape index (κ2) is 5.14. The first-order valence-corrected chi connectivity index (χ1v) is 7.56. The highest BCUT2D eigenvalue weighted by atomic mass is 35.5. The van der Waals surface area contributed by atoms with Gasteiger partial charge in [0.1, 0.15) is 0 Å². The number of benzene rings is 2. The summed E-state index contributed by atoms with van der Waals surface area (Å²) in [5, 5.41) is 5.63. The highest BCUT2D eigenvalue weighted by molar-refractivity contribution is 6.31. The number of fused-ring (bicyclic) bond motifs is 2. The third-order valence-electron chi connectivity index (χ3n) is 4.13. The van der Waals surface area contributed by atoms with E-state index in [1.54, 1.807) is 0 Å². The van der Waals surface area contributed by atoms with Gasteiger partial charge < -0.3 is 5.32 Å². The Morgan fingerprint density at radius 3 is 2.95 bits per heavy atom. The molecule has 1 N–H and O–H groups in total. The van der Waals surface area contributed by atoms with Crippen LogP contribution < -0.4 is 5.32 Å². The predicted molar refractivity (Wildman–Crippen MR) is 86.7 cm³/mol. The van der Waals surface area contributed by atoms with Crippen molar-refractivity contribution in [3.05, 3.63) is 76.4 Å². The molecule has 0 radical (unpaired) electrons. The Hall–Kier alpha value is -1.90. The molecule has 1 aromatic heterocycles. The van der Waals surface area contributed by atoms with E-state index in [9.17, 15) is 0 Å². The molecule has 0 aliphatic carbocycles. The zero-order chi connectivity index (χ0) is 14.2. The smallest absolute Gasteiger partial charge is 0.0702 e. The molecular formula is C18H15ClN2. The fourth-order valence-electron chi connectivity index (χ4n) is 3.10. The molecule has 104 valence electrons. The summed E-state index contributed by atoms with van der Waals surface area (Å²) >= 11 is 6.35. The van der Waals surface area contributed by atoms with Gasteiger partial charge >= 0.3 is 0 Å². The van der Waals surface area contributed by atoms with Gasteiger partial charge in [-0.15, -0.1) is 0 Å². The Labute approximate surface area is 128 Å². The van der Waals surface area contributed by atoms with Gasteiger partial charge in [0.05, 0.1) is 11.6 Å². The van der Waals surface area contributed by atoms with Crippen LogP contribution in [0.25, 0.3) is 10.9 Å². The molecule has 1 aliphatic heterocycles. The zero-order valence-corrected chi connectivity index (χ0v) is 12.3. The first kappa shape index (κ1) is 12.8. The van der Waals surface area contributed by atoms with Crippen molar-refractivity contribution in [2.24, 2.45) is 0 Å². The molecule has 2 aromatic carbocycles. The number of hydrogen-bond donors (Lipinski definition) is 1. The average Bonchev–Trinajstić information content (AvgIpc) is 2.54. The Bertz CT molecular complexity index is 813. The maximum absolute atomic E-state index is 6.35. The van der Waals surface area contributed by atoms with Crippen molar-refractivity contribution in [2.75, 3.05) is 6.54 Å². The second-order valence-corrected chi connectivity index (χ2v) is 5.81. The predicted octanol–water partition coefficient (Wildman–Crippen LogP) is 4.12. The lowest BCUT2D eigenvalue weighted by molar-refractivity contribution is 0.567. The molecule has 1 aliphatic rings. The van der Waals surface area contributed by atoms with Crippen LogP contribution in [-0.2, 0) is 6.42 Å². The van der Waals surface area contributed by atoms with Crippen LogP contribution >= 0.6 is 11.6 Å². The molecule has 2 heterocycles. The summed E-state index contributed by atoms with van der Waals surface area (Å²) in [6, 6.07) is 16.8. The molecule has 4 rings (SSSR count). The van der Waals surface area contributed by atoms with E-state index in [0.29, 0.717) is 0 Å². The fraction of sp³-hybridized carbons (Fsp3) is 0.167. The van der Waals surface area contributed by atoms with E-state index in [-0.39, 0.29) is 6.04 Å². The highest BCUT2D eigenvalue weighted by Gasteiger charge is 2.23. The van der Waals surface area contributed by atoms with Gasteiger partial charge in [-0.05, 0) is 41.3 Å². The SMILES string of the molecule is Clc1cccc2c1CCNC2c1cnc2ccccc2c1. The number of pyridine rings is 1. The highest BCUT2D eigenvalue weighted by Crippen LogP contribution is 2.33. The van der Waals surface area contributed by atoms with Crippen LogP contribution in [0.4, 0.5) is 0 Å². The average molecular weight is 295 g/mol. The van der Waals surface area contributed by atoms with Crippen LogP contribution in [0.5, 0.6) is 0 Å². The molecule has 2 nitrogen and oxygen atoms in total. The summed E-state index contributed by atoms with van der Waals surface area (Å²) in [7, 11) is 0. The van der Waals surface area contributed by atoms with Gasteiger partial charge in [0.15, 0.2) is 0 Å². The van der Waals surface area contributed by atoms with Gasteiger partial charge in [0.2, 0.25) is 0 Å². The summed E-state index contributed by atoms with van der Waals surface area (Å²) in [6.07, 6.45) is 2.95. The molecule has 0 fully saturated rings. The summed E-state index contributed by atoms with van der Waals surface area (Å²) in [5.41, 5.74) is 4.75. The molecule has 3 aromatic rings. The molecular weight excluding hydrogens is 280 g/mol. The minimum atomic E-state index is 0.171. The fourth-order valence-corrected chi connectivity index (χ4v) is 3.38. The maximum atomic E-state index is 6.35. The van der Waals surface area contributed by atoms with Crippen LogP contribution in [0.1, 0.15) is 22.7 Å². The quantitative estimate of drug-likeness (QED) is 0.730. The van der Waals surface area contributed by atoms with Crippen LogP contribution in [-0.4, -0.2) is 11.5 Å². The number of aromatic nitrogens is 1. The minimum absolute atomic E-state index is 0.171. The van der Waals surface area contributed by atoms with Crippen LogP contribution in [0.3, 0.4) is 0 Å². The molecule has 0 spiro atoms. The Morgan fingerprint density at radius 1 is 1.10 bits per heavy atom. The summed E-state index contributed by atoms with van der Waals surface area (Å²) in [5.74, 6) is 0. The molecule has 0 saturated carbocycles. The number of hydrogen-bond acceptors (Lipinski definition) is 2. The summed E-state index contributed by atoms with van der Waals surface area (Å²) in [6.45, 7) is 0.939. The number of para-hydroxylation sites is 1. The molecule has 1 unspecified atom stereocenters. The number of nitrogens with one attached hydrogen (secondary N) is 1. The monoisotopic (exact) mass is 294 g/mol. The molecule has 0 bridgehead atoms. The Morgan fingerprint density at radius 2 is 2.00 bits per heavy atom. The summed E-state index contributed by atoms with van der Waals surface area (Å²) < 4.78 is 0. The third-order valence-corrected chi connectivity index (χ3v) is 4.49. The van der Waals surface area contributed by atoms with Crippen molar-refractivity contribution in [2.45, 2.75) is 12.5 Å². The van der Waals surface area contributed by atoms with E-state index in [1.165, 1.54) is 22.1 Å². The molecule has 3 heteroatoms. The lowest BCUT2D eigenvalue weighted by atomic mass is 9.90. The minimum Gasteiger partial charge on any atom is -0.306 e. The molecule has 0 saturated heterocycles. The lowest BCUT2D eigenvalue weighted by Gasteiger charge is -2.28. The van der Waals surface area contributed by atoms with Gasteiger partial charge in [0, 0.05) is 23.2 Å². The van der Waals surface area contributed by atoms with E-state index in [0.717, 1.165) is 23.5 Å². The Kier molecular flexibility index (Phi) is 3.13. The molecule has 21 heavy (non-hydrogen) atoms. The summed E-state index contributed by atoms with van der Waals surface area (Å²) in [4.78, 5) is 4.58. The van der Waals surface area contributed by atoms with E-state index in [2.05, 4.69) is 28.5 Å². The van der Waals surface area contributed by atoms with Gasteiger partial charge in [-0.25, -0.2) is 0 Å². The van der Waals surface area contributed by atoms with Gasteiger partial charge in [-0.3, -0.25) is 4.98 Å². The largest absolute Gasteiger partial charge is 0.306 e. The zero-order valence-electron chi connectivity index (χ0n) is 11.5. The van der Waals surface area contributed by atoms with Gasteiger partial charge in [-0.1, -0.05) is 41.9 Å². The Balaban J connectivity index is 1.85. The number of nitrogens with zero attached hydrogens (tertiary/aromatic N) is 1. The van der Waals surface area contributed by atoms with Crippen LogP contribution in [0.15, 0.2) is 54.7 Å². The van der Waals surface area contributed by atoms with Crippen molar-refractivity contribution >= 4 is 22.5 Å². The molecule has 1 atom stereocenters. The van der Waals surface area contributed by atoms with E-state index in [1.807, 2.05) is 36.5 Å².